The Labute approximate surface area is 156 Å². The summed E-state index contributed by atoms with van der Waals surface area (Å²) in [6.07, 6.45) is 0.0619. The molecule has 0 bridgehead atoms. The fraction of sp³-hybridized carbons (Fsp3) is 0.471. The van der Waals surface area contributed by atoms with Crippen molar-refractivity contribution < 1.29 is 14.3 Å². The molecule has 9 heteroatoms. The fourth-order valence-electron chi connectivity index (χ4n) is 1.90. The lowest BCUT2D eigenvalue weighted by molar-refractivity contribution is 0.0528. The highest BCUT2D eigenvalue weighted by molar-refractivity contribution is 7.09. The Bertz CT molecular complexity index is 753. The average molecular weight is 377 g/mol. The van der Waals surface area contributed by atoms with Gasteiger partial charge in [0.2, 0.25) is 0 Å². The topological polar surface area (TPSA) is 106 Å². The van der Waals surface area contributed by atoms with Gasteiger partial charge in [0.25, 0.3) is 5.91 Å². The minimum absolute atomic E-state index is 0.269. The van der Waals surface area contributed by atoms with Crippen molar-refractivity contribution in [3.05, 3.63) is 39.6 Å². The molecule has 8 nitrogen and oxygen atoms in total. The maximum atomic E-state index is 12.1. The first kappa shape index (κ1) is 19.8. The lowest BCUT2D eigenvalue weighted by Gasteiger charge is -2.19. The van der Waals surface area contributed by atoms with Crippen LogP contribution in [0.15, 0.2) is 17.5 Å². The van der Waals surface area contributed by atoms with Crippen LogP contribution in [0.3, 0.4) is 0 Å². The average Bonchev–Trinajstić information content (AvgIpc) is 3.01. The Morgan fingerprint density at radius 1 is 1.19 bits per heavy atom. The minimum atomic E-state index is -0.529. The molecule has 140 valence electrons. The number of amides is 2. The molecule has 0 spiro atoms. The van der Waals surface area contributed by atoms with Crippen LogP contribution in [0, 0.1) is 6.92 Å². The van der Waals surface area contributed by atoms with Gasteiger partial charge in [0.15, 0.2) is 0 Å². The molecule has 2 aromatic rings. The van der Waals surface area contributed by atoms with Crippen molar-refractivity contribution in [2.75, 3.05) is 6.54 Å². The van der Waals surface area contributed by atoms with E-state index >= 15 is 0 Å². The van der Waals surface area contributed by atoms with Crippen molar-refractivity contribution in [2.45, 2.75) is 46.3 Å². The van der Waals surface area contributed by atoms with Crippen LogP contribution in [-0.2, 0) is 17.7 Å². The predicted molar refractivity (Wildman–Crippen MR) is 98.0 cm³/mol. The Kier molecular flexibility index (Phi) is 6.62. The van der Waals surface area contributed by atoms with Gasteiger partial charge in [-0.3, -0.25) is 4.79 Å². The highest BCUT2D eigenvalue weighted by Crippen LogP contribution is 2.11. The molecule has 0 aromatic carbocycles. The van der Waals surface area contributed by atoms with Gasteiger partial charge in [-0.2, -0.15) is 10.2 Å². The van der Waals surface area contributed by atoms with Crippen molar-refractivity contribution in [1.82, 2.24) is 25.8 Å². The fourth-order valence-corrected chi connectivity index (χ4v) is 2.68. The summed E-state index contributed by atoms with van der Waals surface area (Å²) in [6.45, 7) is 7.95. The first-order valence-electron chi connectivity index (χ1n) is 8.21. The van der Waals surface area contributed by atoms with Crippen LogP contribution in [0.4, 0.5) is 4.79 Å². The van der Waals surface area contributed by atoms with Crippen LogP contribution in [0.5, 0.6) is 0 Å². The predicted octanol–water partition coefficient (Wildman–Crippen LogP) is 2.24. The number of aromatic nitrogens is 3. The van der Waals surface area contributed by atoms with Gasteiger partial charge >= 0.3 is 6.09 Å². The van der Waals surface area contributed by atoms with Crippen LogP contribution >= 0.6 is 11.3 Å². The Morgan fingerprint density at radius 2 is 1.96 bits per heavy atom. The van der Waals surface area contributed by atoms with E-state index in [-0.39, 0.29) is 5.91 Å². The standard InChI is InChI=1S/C17H23N5O3S/c1-11-5-6-12(22-21-11)9-19-15(23)13-10-26-14(20-13)7-8-18-16(24)25-17(2,3)4/h5-6,10H,7-9H2,1-4H3,(H,18,24)(H,19,23). The lowest BCUT2D eigenvalue weighted by Crippen LogP contribution is -2.33. The number of hydrogen-bond donors (Lipinski definition) is 2. The van der Waals surface area contributed by atoms with Crippen molar-refractivity contribution in [1.29, 1.82) is 0 Å². The Balaban J connectivity index is 1.76. The normalized spacial score (nSPS) is 11.1. The summed E-state index contributed by atoms with van der Waals surface area (Å²) in [6, 6.07) is 3.66. The zero-order valence-electron chi connectivity index (χ0n) is 15.3. The van der Waals surface area contributed by atoms with Crippen LogP contribution in [-0.4, -0.2) is 39.3 Å². The van der Waals surface area contributed by atoms with Gasteiger partial charge in [-0.05, 0) is 39.8 Å². The number of aryl methyl sites for hydroxylation is 1. The smallest absolute Gasteiger partial charge is 0.407 e. The first-order chi connectivity index (χ1) is 12.2. The molecular formula is C17H23N5O3S. The third kappa shape index (κ3) is 6.75. The number of carbonyl (C=O) groups is 2. The molecule has 0 aliphatic rings. The molecule has 2 rings (SSSR count). The summed E-state index contributed by atoms with van der Waals surface area (Å²) in [5, 5.41) is 15.8. The molecule has 0 atom stereocenters. The molecule has 2 N–H and O–H groups in total. The number of nitrogens with one attached hydrogen (secondary N) is 2. The summed E-state index contributed by atoms with van der Waals surface area (Å²) in [5.74, 6) is -0.269. The number of hydrogen-bond acceptors (Lipinski definition) is 7. The molecule has 0 unspecified atom stereocenters. The van der Waals surface area contributed by atoms with E-state index in [1.165, 1.54) is 11.3 Å². The molecule has 2 aromatic heterocycles. The van der Waals surface area contributed by atoms with Crippen LogP contribution in [0.2, 0.25) is 0 Å². The van der Waals surface area contributed by atoms with Gasteiger partial charge in [0, 0.05) is 18.3 Å². The molecule has 0 fully saturated rings. The van der Waals surface area contributed by atoms with E-state index in [9.17, 15) is 9.59 Å². The van der Waals surface area contributed by atoms with Gasteiger partial charge in [-0.25, -0.2) is 9.78 Å². The second-order valence-corrected chi connectivity index (χ2v) is 7.60. The molecule has 0 saturated heterocycles. The summed E-state index contributed by atoms with van der Waals surface area (Å²) < 4.78 is 5.16. The zero-order valence-corrected chi connectivity index (χ0v) is 16.1. The van der Waals surface area contributed by atoms with E-state index in [4.69, 9.17) is 4.74 Å². The quantitative estimate of drug-likeness (QED) is 0.800. The summed E-state index contributed by atoms with van der Waals surface area (Å²) in [7, 11) is 0. The zero-order chi connectivity index (χ0) is 19.2. The number of rotatable bonds is 6. The van der Waals surface area contributed by atoms with Gasteiger partial charge in [-0.1, -0.05) is 0 Å². The number of nitrogens with zero attached hydrogens (tertiary/aromatic N) is 3. The molecule has 2 heterocycles. The van der Waals surface area contributed by atoms with Gasteiger partial charge in [0.1, 0.15) is 11.3 Å². The Hall–Kier alpha value is -2.55. The minimum Gasteiger partial charge on any atom is -0.444 e. The molecule has 26 heavy (non-hydrogen) atoms. The first-order valence-corrected chi connectivity index (χ1v) is 9.09. The number of alkyl carbamates (subject to hydrolysis) is 1. The summed E-state index contributed by atoms with van der Waals surface area (Å²) in [4.78, 5) is 28.0. The van der Waals surface area contributed by atoms with Crippen LogP contribution < -0.4 is 10.6 Å². The summed E-state index contributed by atoms with van der Waals surface area (Å²) >= 11 is 1.37. The SMILES string of the molecule is Cc1ccc(CNC(=O)c2csc(CCNC(=O)OC(C)(C)C)n2)nn1. The number of thiazole rings is 1. The molecule has 0 aliphatic carbocycles. The monoisotopic (exact) mass is 377 g/mol. The number of carbonyl (C=O) groups excluding carboxylic acids is 2. The van der Waals surface area contributed by atoms with Crippen LogP contribution in [0.25, 0.3) is 0 Å². The summed E-state index contributed by atoms with van der Waals surface area (Å²) in [5.41, 5.74) is 1.32. The number of ether oxygens (including phenoxy) is 1. The van der Waals surface area contributed by atoms with Crippen molar-refractivity contribution in [2.24, 2.45) is 0 Å². The Morgan fingerprint density at radius 3 is 2.62 bits per heavy atom. The molecule has 0 aliphatic heterocycles. The van der Waals surface area contributed by atoms with Crippen molar-refractivity contribution in [3.63, 3.8) is 0 Å². The van der Waals surface area contributed by atoms with E-state index < -0.39 is 11.7 Å². The van der Waals surface area contributed by atoms with E-state index in [0.717, 1.165) is 10.7 Å². The second-order valence-electron chi connectivity index (χ2n) is 6.65. The molecular weight excluding hydrogens is 354 g/mol. The van der Waals surface area contributed by atoms with E-state index in [2.05, 4.69) is 25.8 Å². The molecule has 2 amide bonds. The van der Waals surface area contributed by atoms with Gasteiger partial charge < -0.3 is 15.4 Å². The largest absolute Gasteiger partial charge is 0.444 e. The molecule has 0 saturated carbocycles. The van der Waals surface area contributed by atoms with Crippen LogP contribution in [0.1, 0.15) is 47.7 Å². The highest BCUT2D eigenvalue weighted by Gasteiger charge is 2.16. The van der Waals surface area contributed by atoms with Crippen molar-refractivity contribution >= 4 is 23.3 Å². The third-order valence-corrected chi connectivity index (χ3v) is 3.98. The van der Waals surface area contributed by atoms with E-state index in [1.54, 1.807) is 26.2 Å². The highest BCUT2D eigenvalue weighted by atomic mass is 32.1. The van der Waals surface area contributed by atoms with E-state index in [1.807, 2.05) is 19.1 Å². The molecule has 0 radical (unpaired) electrons. The lowest BCUT2D eigenvalue weighted by atomic mass is 10.2. The second kappa shape index (κ2) is 8.70. The maximum Gasteiger partial charge on any atom is 0.407 e. The maximum absolute atomic E-state index is 12.1. The van der Waals surface area contributed by atoms with Gasteiger partial charge in [0.05, 0.1) is 22.9 Å². The van der Waals surface area contributed by atoms with Gasteiger partial charge in [-0.15, -0.1) is 11.3 Å². The van der Waals surface area contributed by atoms with Crippen molar-refractivity contribution in [3.8, 4) is 0 Å². The van der Waals surface area contributed by atoms with E-state index in [0.29, 0.717) is 30.9 Å². The third-order valence-electron chi connectivity index (χ3n) is 3.07.